The Bertz CT molecular complexity index is 894. The summed E-state index contributed by atoms with van der Waals surface area (Å²) in [5.41, 5.74) is 2.49. The molecule has 5 heteroatoms. The molecule has 0 bridgehead atoms. The summed E-state index contributed by atoms with van der Waals surface area (Å²) in [5.74, 6) is 2.30. The van der Waals surface area contributed by atoms with Gasteiger partial charge in [-0.3, -0.25) is 0 Å². The van der Waals surface area contributed by atoms with Crippen molar-refractivity contribution >= 4 is 17.3 Å². The maximum atomic E-state index is 8.94. The molecule has 0 radical (unpaired) electrons. The lowest BCUT2D eigenvalue weighted by Gasteiger charge is -2.21. The molecule has 1 N–H and O–H groups in total. The molecule has 5 nitrogen and oxygen atoms in total. The molecule has 0 aliphatic rings. The number of rotatable bonds is 6. The molecule has 3 aromatic rings. The van der Waals surface area contributed by atoms with Gasteiger partial charge in [-0.1, -0.05) is 30.3 Å². The highest BCUT2D eigenvalue weighted by Crippen LogP contribution is 2.24. The molecule has 0 saturated carbocycles. The van der Waals surface area contributed by atoms with E-state index in [4.69, 9.17) is 10.2 Å². The van der Waals surface area contributed by atoms with Gasteiger partial charge in [0.1, 0.15) is 11.6 Å². The summed E-state index contributed by atoms with van der Waals surface area (Å²) >= 11 is 0. The minimum absolute atomic E-state index is 0.632. The van der Waals surface area contributed by atoms with Crippen LogP contribution in [0.25, 0.3) is 11.4 Å². The molecular formula is C21H21N5. The van der Waals surface area contributed by atoms with Gasteiger partial charge in [0.2, 0.25) is 0 Å². The Morgan fingerprint density at radius 3 is 2.27 bits per heavy atom. The number of nitrogens with zero attached hydrogens (tertiary/aromatic N) is 4. The van der Waals surface area contributed by atoms with Crippen LogP contribution in [0, 0.1) is 11.3 Å². The smallest absolute Gasteiger partial charge is 0.163 e. The Kier molecular flexibility index (Phi) is 5.45. The third-order valence-corrected chi connectivity index (χ3v) is 4.12. The molecule has 1 aromatic heterocycles. The summed E-state index contributed by atoms with van der Waals surface area (Å²) in [4.78, 5) is 11.6. The topological polar surface area (TPSA) is 64.8 Å². The first-order valence-electron chi connectivity index (χ1n) is 8.70. The van der Waals surface area contributed by atoms with Crippen molar-refractivity contribution in [3.05, 3.63) is 66.2 Å². The van der Waals surface area contributed by atoms with Crippen molar-refractivity contribution in [3.63, 3.8) is 0 Å². The molecule has 0 atom stereocenters. The molecule has 0 aliphatic carbocycles. The Morgan fingerprint density at radius 1 is 0.962 bits per heavy atom. The minimum Gasteiger partial charge on any atom is -0.357 e. The first-order chi connectivity index (χ1) is 12.7. The van der Waals surface area contributed by atoms with Crippen molar-refractivity contribution in [1.29, 1.82) is 5.26 Å². The summed E-state index contributed by atoms with van der Waals surface area (Å²) in [6.07, 6.45) is 0. The van der Waals surface area contributed by atoms with E-state index in [-0.39, 0.29) is 0 Å². The van der Waals surface area contributed by atoms with Gasteiger partial charge in [0.05, 0.1) is 11.6 Å². The zero-order valence-corrected chi connectivity index (χ0v) is 15.0. The number of aromatic nitrogens is 2. The van der Waals surface area contributed by atoms with Crippen molar-refractivity contribution < 1.29 is 0 Å². The van der Waals surface area contributed by atoms with E-state index < -0.39 is 0 Å². The molecule has 3 rings (SSSR count). The van der Waals surface area contributed by atoms with Crippen molar-refractivity contribution in [2.24, 2.45) is 0 Å². The molecule has 130 valence electrons. The van der Waals surface area contributed by atoms with E-state index in [9.17, 15) is 0 Å². The highest BCUT2D eigenvalue weighted by Gasteiger charge is 2.11. The number of anilines is 3. The van der Waals surface area contributed by atoms with Crippen molar-refractivity contribution in [2.45, 2.75) is 13.8 Å². The second-order valence-corrected chi connectivity index (χ2v) is 5.79. The molecule has 0 fully saturated rings. The van der Waals surface area contributed by atoms with Gasteiger partial charge in [0.15, 0.2) is 5.82 Å². The van der Waals surface area contributed by atoms with Gasteiger partial charge in [-0.25, -0.2) is 9.97 Å². The summed E-state index contributed by atoms with van der Waals surface area (Å²) in [7, 11) is 0. The predicted octanol–water partition coefficient (Wildman–Crippen LogP) is 4.61. The maximum Gasteiger partial charge on any atom is 0.163 e. The Hall–Kier alpha value is -3.39. The highest BCUT2D eigenvalue weighted by atomic mass is 15.2. The number of hydrogen-bond acceptors (Lipinski definition) is 5. The number of nitrogens with one attached hydrogen (secondary N) is 1. The van der Waals surface area contributed by atoms with E-state index in [2.05, 4.69) is 35.1 Å². The van der Waals surface area contributed by atoms with Crippen LogP contribution in [0.2, 0.25) is 0 Å². The van der Waals surface area contributed by atoms with Crippen LogP contribution in [0.15, 0.2) is 60.7 Å². The van der Waals surface area contributed by atoms with Gasteiger partial charge in [-0.15, -0.1) is 0 Å². The van der Waals surface area contributed by atoms with Gasteiger partial charge in [-0.05, 0) is 38.1 Å². The summed E-state index contributed by atoms with van der Waals surface area (Å²) < 4.78 is 0. The molecule has 0 unspecified atom stereocenters. The summed E-state index contributed by atoms with van der Waals surface area (Å²) in [6.45, 7) is 5.97. The van der Waals surface area contributed by atoms with E-state index in [1.54, 1.807) is 12.1 Å². The van der Waals surface area contributed by atoms with E-state index in [1.807, 2.05) is 48.5 Å². The lowest BCUT2D eigenvalue weighted by atomic mass is 10.2. The van der Waals surface area contributed by atoms with Crippen LogP contribution in [0.5, 0.6) is 0 Å². The van der Waals surface area contributed by atoms with E-state index >= 15 is 0 Å². The molecule has 0 aliphatic heterocycles. The Balaban J connectivity index is 2.00. The van der Waals surface area contributed by atoms with Gasteiger partial charge < -0.3 is 10.2 Å². The fourth-order valence-electron chi connectivity index (χ4n) is 2.70. The van der Waals surface area contributed by atoms with E-state index in [0.29, 0.717) is 11.4 Å². The van der Waals surface area contributed by atoms with Gasteiger partial charge >= 0.3 is 0 Å². The monoisotopic (exact) mass is 343 g/mol. The summed E-state index contributed by atoms with van der Waals surface area (Å²) in [5, 5.41) is 12.3. The average Bonchev–Trinajstić information content (AvgIpc) is 2.70. The fraction of sp³-hybridized carbons (Fsp3) is 0.190. The standard InChI is InChI=1S/C21H21N5/c1-3-26(4-2)20-14-19(23-18-12-10-16(15-22)11-13-18)24-21(25-20)17-8-6-5-7-9-17/h5-14H,3-4H2,1-2H3,(H,23,24,25). The van der Waals surface area contributed by atoms with Crippen LogP contribution in [-0.4, -0.2) is 23.1 Å². The van der Waals surface area contributed by atoms with Crippen LogP contribution >= 0.6 is 0 Å². The molecule has 26 heavy (non-hydrogen) atoms. The minimum atomic E-state index is 0.632. The third-order valence-electron chi connectivity index (χ3n) is 4.12. The molecule has 0 amide bonds. The Morgan fingerprint density at radius 2 is 1.65 bits per heavy atom. The Labute approximate surface area is 154 Å². The SMILES string of the molecule is CCN(CC)c1cc(Nc2ccc(C#N)cc2)nc(-c2ccccc2)n1. The van der Waals surface area contributed by atoms with Gasteiger partial charge in [0, 0.05) is 30.4 Å². The normalized spacial score (nSPS) is 10.2. The molecule has 1 heterocycles. The second kappa shape index (κ2) is 8.13. The largest absolute Gasteiger partial charge is 0.357 e. The fourth-order valence-corrected chi connectivity index (χ4v) is 2.70. The van der Waals surface area contributed by atoms with Crippen LogP contribution in [0.4, 0.5) is 17.3 Å². The molecule has 2 aromatic carbocycles. The first-order valence-corrected chi connectivity index (χ1v) is 8.70. The van der Waals surface area contributed by atoms with Crippen LogP contribution in [0.1, 0.15) is 19.4 Å². The summed E-state index contributed by atoms with van der Waals surface area (Å²) in [6, 6.07) is 21.4. The van der Waals surface area contributed by atoms with Crippen molar-refractivity contribution in [1.82, 2.24) is 9.97 Å². The van der Waals surface area contributed by atoms with Crippen LogP contribution < -0.4 is 10.2 Å². The zero-order valence-electron chi connectivity index (χ0n) is 15.0. The van der Waals surface area contributed by atoms with Crippen LogP contribution in [0.3, 0.4) is 0 Å². The van der Waals surface area contributed by atoms with Crippen LogP contribution in [-0.2, 0) is 0 Å². The second-order valence-electron chi connectivity index (χ2n) is 5.79. The lowest BCUT2D eigenvalue weighted by Crippen LogP contribution is -2.23. The van der Waals surface area contributed by atoms with Crippen molar-refractivity contribution in [3.8, 4) is 17.5 Å². The zero-order chi connectivity index (χ0) is 18.4. The number of nitriles is 1. The number of benzene rings is 2. The highest BCUT2D eigenvalue weighted by molar-refractivity contribution is 5.65. The van der Waals surface area contributed by atoms with Gasteiger partial charge in [-0.2, -0.15) is 5.26 Å². The molecular weight excluding hydrogens is 322 g/mol. The van der Waals surface area contributed by atoms with E-state index in [0.717, 1.165) is 36.0 Å². The van der Waals surface area contributed by atoms with Gasteiger partial charge in [0.25, 0.3) is 0 Å². The lowest BCUT2D eigenvalue weighted by molar-refractivity contribution is 0.843. The molecule has 0 spiro atoms. The van der Waals surface area contributed by atoms with E-state index in [1.165, 1.54) is 0 Å². The molecule has 0 saturated heterocycles. The quantitative estimate of drug-likeness (QED) is 0.708. The van der Waals surface area contributed by atoms with Crippen molar-refractivity contribution in [2.75, 3.05) is 23.3 Å². The average molecular weight is 343 g/mol. The maximum absolute atomic E-state index is 8.94. The predicted molar refractivity (Wildman–Crippen MR) is 105 cm³/mol. The first kappa shape index (κ1) is 17.4. The third kappa shape index (κ3) is 3.98. The number of hydrogen-bond donors (Lipinski definition) is 1.